The van der Waals surface area contributed by atoms with E-state index in [0.29, 0.717) is 0 Å². The fourth-order valence-corrected chi connectivity index (χ4v) is 2.71. The van der Waals surface area contributed by atoms with Crippen LogP contribution < -0.4 is 10.3 Å². The maximum atomic E-state index is 12.7. The van der Waals surface area contributed by atoms with Gasteiger partial charge in [0.2, 0.25) is 5.91 Å². The van der Waals surface area contributed by atoms with Crippen LogP contribution in [0.3, 0.4) is 0 Å². The first-order valence-electron chi connectivity index (χ1n) is 7.47. The van der Waals surface area contributed by atoms with Crippen molar-refractivity contribution in [2.75, 3.05) is 4.90 Å². The van der Waals surface area contributed by atoms with Crippen LogP contribution >= 0.6 is 0 Å². The molecular formula is C15H14N4O6. The minimum absolute atomic E-state index is 0.151. The third kappa shape index (κ3) is 2.71. The van der Waals surface area contributed by atoms with Crippen LogP contribution in [0.1, 0.15) is 13.8 Å². The van der Waals surface area contributed by atoms with Gasteiger partial charge < -0.3 is 4.74 Å². The van der Waals surface area contributed by atoms with Crippen LogP contribution in [-0.2, 0) is 19.1 Å². The zero-order valence-electron chi connectivity index (χ0n) is 13.3. The Balaban J connectivity index is 1.87. The van der Waals surface area contributed by atoms with E-state index in [-0.39, 0.29) is 17.1 Å². The van der Waals surface area contributed by atoms with Crippen molar-refractivity contribution in [2.24, 2.45) is 11.0 Å². The monoisotopic (exact) mass is 346 g/mol. The van der Waals surface area contributed by atoms with Crippen LogP contribution in [0, 0.1) is 16.0 Å². The fraction of sp³-hybridized carbons (Fsp3) is 0.333. The summed E-state index contributed by atoms with van der Waals surface area (Å²) in [4.78, 5) is 48.2. The number of hydrazone groups is 1. The van der Waals surface area contributed by atoms with Gasteiger partial charge in [-0.25, -0.2) is 9.69 Å². The van der Waals surface area contributed by atoms with Gasteiger partial charge in [-0.3, -0.25) is 25.1 Å². The number of hydrogen-bond acceptors (Lipinski definition) is 8. The van der Waals surface area contributed by atoms with Gasteiger partial charge in [0, 0.05) is 12.1 Å². The van der Waals surface area contributed by atoms with Gasteiger partial charge in [0.25, 0.3) is 11.6 Å². The molecule has 0 bridgehead atoms. The molecule has 0 unspecified atom stereocenters. The number of ether oxygens (including phenoxy) is 1. The van der Waals surface area contributed by atoms with Gasteiger partial charge in [-0.15, -0.1) is 0 Å². The molecule has 1 aromatic carbocycles. The van der Waals surface area contributed by atoms with E-state index in [1.54, 1.807) is 13.8 Å². The molecule has 1 aromatic rings. The third-order valence-electron chi connectivity index (χ3n) is 3.80. The smallest absolute Gasteiger partial charge is 0.355 e. The Morgan fingerprint density at radius 2 is 1.92 bits per heavy atom. The number of rotatable bonds is 4. The lowest BCUT2D eigenvalue weighted by Crippen LogP contribution is -2.36. The summed E-state index contributed by atoms with van der Waals surface area (Å²) in [5.41, 5.74) is 2.37. The summed E-state index contributed by atoms with van der Waals surface area (Å²) in [6, 6.07) is 4.01. The van der Waals surface area contributed by atoms with E-state index in [4.69, 9.17) is 4.74 Å². The number of nitrogens with one attached hydrogen (secondary N) is 1. The van der Waals surface area contributed by atoms with Crippen LogP contribution in [0.15, 0.2) is 29.4 Å². The van der Waals surface area contributed by atoms with Gasteiger partial charge in [-0.1, -0.05) is 0 Å². The SMILES string of the molecule is CC(C)OC(=O)C1=NN[C@H]2C(=O)N(c3ccc([N+](=O)[O-])cc3)C(=O)[C@@H]12. The van der Waals surface area contributed by atoms with Crippen molar-refractivity contribution in [3.8, 4) is 0 Å². The molecule has 2 atom stereocenters. The lowest BCUT2D eigenvalue weighted by atomic mass is 9.99. The average molecular weight is 346 g/mol. The molecule has 2 heterocycles. The van der Waals surface area contributed by atoms with Gasteiger partial charge in [-0.2, -0.15) is 5.10 Å². The number of fused-ring (bicyclic) bond motifs is 1. The average Bonchev–Trinajstić information content (AvgIpc) is 3.08. The Hall–Kier alpha value is -3.30. The summed E-state index contributed by atoms with van der Waals surface area (Å²) in [6.07, 6.45) is -0.396. The summed E-state index contributed by atoms with van der Waals surface area (Å²) < 4.78 is 5.04. The first-order chi connectivity index (χ1) is 11.8. The summed E-state index contributed by atoms with van der Waals surface area (Å²) in [6.45, 7) is 3.31. The minimum atomic E-state index is -1.08. The topological polar surface area (TPSA) is 131 Å². The standard InChI is InChI=1S/C15H14N4O6/c1-7(2)25-15(22)12-10-11(16-17-12)14(21)18(13(10)20)8-3-5-9(6-4-8)19(23)24/h3-7,10-11,16H,1-2H3/t10-,11-/m1/s1. The summed E-state index contributed by atoms with van der Waals surface area (Å²) in [5, 5.41) is 14.5. The number of imide groups is 1. The van der Waals surface area contributed by atoms with Crippen LogP contribution in [0.2, 0.25) is 0 Å². The van der Waals surface area contributed by atoms with E-state index in [1.165, 1.54) is 24.3 Å². The number of benzene rings is 1. The van der Waals surface area contributed by atoms with Crippen LogP contribution in [0.5, 0.6) is 0 Å². The van der Waals surface area contributed by atoms with E-state index in [9.17, 15) is 24.5 Å². The van der Waals surface area contributed by atoms with E-state index in [0.717, 1.165) is 4.90 Å². The van der Waals surface area contributed by atoms with Crippen molar-refractivity contribution in [2.45, 2.75) is 26.0 Å². The highest BCUT2D eigenvalue weighted by Crippen LogP contribution is 2.31. The highest BCUT2D eigenvalue weighted by atomic mass is 16.6. The van der Waals surface area contributed by atoms with E-state index >= 15 is 0 Å². The Bertz CT molecular complexity index is 801. The number of nitrogens with zero attached hydrogens (tertiary/aromatic N) is 3. The Labute approximate surface area is 141 Å². The maximum absolute atomic E-state index is 12.7. The minimum Gasteiger partial charge on any atom is -0.458 e. The number of amides is 2. The number of nitro groups is 1. The number of nitro benzene ring substituents is 1. The second-order valence-corrected chi connectivity index (χ2v) is 5.82. The van der Waals surface area contributed by atoms with Crippen molar-refractivity contribution in [1.29, 1.82) is 0 Å². The zero-order valence-corrected chi connectivity index (χ0v) is 13.3. The second kappa shape index (κ2) is 5.96. The molecule has 0 aromatic heterocycles. The molecule has 2 amide bonds. The van der Waals surface area contributed by atoms with Crippen molar-refractivity contribution in [3.63, 3.8) is 0 Å². The largest absolute Gasteiger partial charge is 0.458 e. The number of anilines is 1. The molecular weight excluding hydrogens is 332 g/mol. The molecule has 3 rings (SSSR count). The summed E-state index contributed by atoms with van der Waals surface area (Å²) >= 11 is 0. The van der Waals surface area contributed by atoms with E-state index in [2.05, 4.69) is 10.5 Å². The van der Waals surface area contributed by atoms with Gasteiger partial charge in [-0.05, 0) is 26.0 Å². The van der Waals surface area contributed by atoms with Gasteiger partial charge in [0.15, 0.2) is 5.71 Å². The predicted octanol–water partition coefficient (Wildman–Crippen LogP) is 0.364. The molecule has 2 aliphatic heterocycles. The predicted molar refractivity (Wildman–Crippen MR) is 84.7 cm³/mol. The lowest BCUT2D eigenvalue weighted by molar-refractivity contribution is -0.384. The van der Waals surface area contributed by atoms with Gasteiger partial charge in [0.05, 0.1) is 16.7 Å². The lowest BCUT2D eigenvalue weighted by Gasteiger charge is -2.15. The van der Waals surface area contributed by atoms with Crippen LogP contribution in [0.25, 0.3) is 0 Å². The molecule has 25 heavy (non-hydrogen) atoms. The number of non-ortho nitro benzene ring substituents is 1. The fourth-order valence-electron chi connectivity index (χ4n) is 2.71. The molecule has 2 aliphatic rings. The quantitative estimate of drug-likeness (QED) is 0.360. The van der Waals surface area contributed by atoms with Crippen molar-refractivity contribution >= 4 is 34.9 Å². The Kier molecular flexibility index (Phi) is 3.95. The first-order valence-corrected chi connectivity index (χ1v) is 7.47. The van der Waals surface area contributed by atoms with E-state index < -0.39 is 40.8 Å². The van der Waals surface area contributed by atoms with Gasteiger partial charge in [0.1, 0.15) is 12.0 Å². The molecule has 130 valence electrons. The van der Waals surface area contributed by atoms with Crippen molar-refractivity contribution in [3.05, 3.63) is 34.4 Å². The van der Waals surface area contributed by atoms with Crippen molar-refractivity contribution < 1.29 is 24.0 Å². The maximum Gasteiger partial charge on any atom is 0.355 e. The third-order valence-corrected chi connectivity index (χ3v) is 3.80. The highest BCUT2D eigenvalue weighted by molar-refractivity contribution is 6.46. The molecule has 1 saturated heterocycles. The van der Waals surface area contributed by atoms with Crippen LogP contribution in [-0.4, -0.2) is 40.6 Å². The summed E-state index contributed by atoms with van der Waals surface area (Å²) in [5.74, 6) is -3.05. The normalized spacial score (nSPS) is 21.9. The number of carbonyl (C=O) groups is 3. The second-order valence-electron chi connectivity index (χ2n) is 5.82. The molecule has 0 saturated carbocycles. The molecule has 1 fully saturated rings. The Morgan fingerprint density at radius 1 is 1.28 bits per heavy atom. The number of carbonyl (C=O) groups excluding carboxylic acids is 3. The highest BCUT2D eigenvalue weighted by Gasteiger charge is 2.55. The molecule has 0 spiro atoms. The van der Waals surface area contributed by atoms with Gasteiger partial charge >= 0.3 is 5.97 Å². The van der Waals surface area contributed by atoms with E-state index in [1.807, 2.05) is 0 Å². The first kappa shape index (κ1) is 16.6. The molecule has 0 aliphatic carbocycles. The molecule has 10 heteroatoms. The van der Waals surface area contributed by atoms with Crippen molar-refractivity contribution in [1.82, 2.24) is 5.43 Å². The molecule has 0 radical (unpaired) electrons. The zero-order chi connectivity index (χ0) is 18.3. The molecule has 1 N–H and O–H groups in total. The Morgan fingerprint density at radius 3 is 2.48 bits per heavy atom. The van der Waals surface area contributed by atoms with Crippen LogP contribution in [0.4, 0.5) is 11.4 Å². The number of esters is 1. The molecule has 10 nitrogen and oxygen atoms in total. The number of hydrogen-bond donors (Lipinski definition) is 1. The summed E-state index contributed by atoms with van der Waals surface area (Å²) in [7, 11) is 0.